The second kappa shape index (κ2) is 3.36. The van der Waals surface area contributed by atoms with Gasteiger partial charge in [0, 0.05) is 6.21 Å². The molecule has 0 saturated heterocycles. The molecule has 0 radical (unpaired) electrons. The van der Waals surface area contributed by atoms with Gasteiger partial charge in [0.15, 0.2) is 0 Å². The van der Waals surface area contributed by atoms with Crippen molar-refractivity contribution in [3.8, 4) is 0 Å². The van der Waals surface area contributed by atoms with E-state index in [9.17, 15) is 0 Å². The summed E-state index contributed by atoms with van der Waals surface area (Å²) in [6.07, 6.45) is 2.06. The zero-order chi connectivity index (χ0) is 6.57. The summed E-state index contributed by atoms with van der Waals surface area (Å²) in [7, 11) is 0. The summed E-state index contributed by atoms with van der Waals surface area (Å²) >= 11 is 0. The molecule has 8 heavy (non-hydrogen) atoms. The quantitative estimate of drug-likeness (QED) is 0.522. The molecule has 0 heterocycles. The van der Waals surface area contributed by atoms with E-state index in [1.54, 1.807) is 0 Å². The average Bonchev–Trinajstić information content (AvgIpc) is 1.84. The first-order chi connectivity index (χ1) is 3.72. The Kier molecular flexibility index (Phi) is 3.08. The number of nitrogens with one attached hydrogen (secondary N) is 2. The fourth-order valence-electron chi connectivity index (χ4n) is 0.362. The molecule has 0 aromatic heterocycles. The van der Waals surface area contributed by atoms with E-state index in [1.807, 2.05) is 13.8 Å². The first kappa shape index (κ1) is 7.34. The van der Waals surface area contributed by atoms with Crippen LogP contribution in [-0.2, 0) is 0 Å². The lowest BCUT2D eigenvalue weighted by Gasteiger charge is -2.02. The standard InChI is InChI=1S/C6H12N2/c1-3-5(2)6(8)4-7/h4-5,7-8H,3H2,1-2H3. The smallest absolute Gasteiger partial charge is 0.0517 e. The van der Waals surface area contributed by atoms with Gasteiger partial charge in [-0.25, -0.2) is 0 Å². The van der Waals surface area contributed by atoms with Crippen LogP contribution in [0.1, 0.15) is 20.3 Å². The van der Waals surface area contributed by atoms with Crippen molar-refractivity contribution in [2.75, 3.05) is 0 Å². The third kappa shape index (κ3) is 1.87. The van der Waals surface area contributed by atoms with E-state index < -0.39 is 0 Å². The topological polar surface area (TPSA) is 47.7 Å². The Hall–Kier alpha value is -0.660. The van der Waals surface area contributed by atoms with Crippen LogP contribution in [0.3, 0.4) is 0 Å². The minimum Gasteiger partial charge on any atom is -0.307 e. The lowest BCUT2D eigenvalue weighted by molar-refractivity contribution is 0.743. The molecular weight excluding hydrogens is 100 g/mol. The maximum atomic E-state index is 7.10. The van der Waals surface area contributed by atoms with Crippen molar-refractivity contribution in [3.63, 3.8) is 0 Å². The zero-order valence-corrected chi connectivity index (χ0v) is 5.36. The SMILES string of the molecule is CCC(C)C(=N)C=N. The van der Waals surface area contributed by atoms with Crippen LogP contribution in [0.25, 0.3) is 0 Å². The Bertz CT molecular complexity index is 96.7. The molecule has 0 rings (SSSR count). The molecule has 0 aromatic carbocycles. The number of hydrogen-bond donors (Lipinski definition) is 2. The van der Waals surface area contributed by atoms with E-state index in [2.05, 4.69) is 0 Å². The van der Waals surface area contributed by atoms with Gasteiger partial charge in [-0.3, -0.25) is 0 Å². The van der Waals surface area contributed by atoms with Gasteiger partial charge >= 0.3 is 0 Å². The fourth-order valence-corrected chi connectivity index (χ4v) is 0.362. The third-order valence-electron chi connectivity index (χ3n) is 1.30. The van der Waals surface area contributed by atoms with Crippen molar-refractivity contribution in [2.24, 2.45) is 5.92 Å². The molecule has 0 aliphatic rings. The fraction of sp³-hybridized carbons (Fsp3) is 0.667. The van der Waals surface area contributed by atoms with Crippen LogP contribution >= 0.6 is 0 Å². The van der Waals surface area contributed by atoms with E-state index in [0.29, 0.717) is 5.71 Å². The molecule has 0 aliphatic heterocycles. The molecule has 0 spiro atoms. The van der Waals surface area contributed by atoms with E-state index in [1.165, 1.54) is 0 Å². The summed E-state index contributed by atoms with van der Waals surface area (Å²) in [5.41, 5.74) is 0.424. The van der Waals surface area contributed by atoms with Crippen molar-refractivity contribution in [2.45, 2.75) is 20.3 Å². The van der Waals surface area contributed by atoms with Crippen molar-refractivity contribution in [3.05, 3.63) is 0 Å². The molecule has 0 saturated carbocycles. The molecule has 1 atom stereocenters. The van der Waals surface area contributed by atoms with Crippen molar-refractivity contribution in [1.82, 2.24) is 0 Å². The van der Waals surface area contributed by atoms with Crippen LogP contribution < -0.4 is 0 Å². The Balaban J connectivity index is 3.62. The second-order valence-corrected chi connectivity index (χ2v) is 1.91. The molecule has 2 N–H and O–H groups in total. The molecule has 1 unspecified atom stereocenters. The van der Waals surface area contributed by atoms with E-state index >= 15 is 0 Å². The summed E-state index contributed by atoms with van der Waals surface area (Å²) in [6.45, 7) is 3.97. The highest BCUT2D eigenvalue weighted by Crippen LogP contribution is 1.99. The Labute approximate surface area is 49.9 Å². The molecule has 0 fully saturated rings. The van der Waals surface area contributed by atoms with Crippen LogP contribution in [0.2, 0.25) is 0 Å². The molecule has 0 amide bonds. The van der Waals surface area contributed by atoms with Gasteiger partial charge in [-0.2, -0.15) is 0 Å². The van der Waals surface area contributed by atoms with Crippen LogP contribution in [-0.4, -0.2) is 11.9 Å². The molecule has 46 valence electrons. The molecule has 0 aliphatic carbocycles. The summed E-state index contributed by atoms with van der Waals surface area (Å²) < 4.78 is 0. The van der Waals surface area contributed by atoms with Gasteiger partial charge in [-0.05, 0) is 12.3 Å². The van der Waals surface area contributed by atoms with Crippen LogP contribution in [0, 0.1) is 16.7 Å². The Morgan fingerprint density at radius 2 is 2.25 bits per heavy atom. The summed E-state index contributed by atoms with van der Waals surface area (Å²) in [4.78, 5) is 0. The first-order valence-corrected chi connectivity index (χ1v) is 2.81. The minimum atomic E-state index is 0.257. The molecule has 0 aromatic rings. The molecule has 0 bridgehead atoms. The normalized spacial score (nSPS) is 12.8. The van der Waals surface area contributed by atoms with Gasteiger partial charge in [-0.15, -0.1) is 0 Å². The monoisotopic (exact) mass is 112 g/mol. The summed E-state index contributed by atoms with van der Waals surface area (Å²) in [5, 5.41) is 13.8. The van der Waals surface area contributed by atoms with Gasteiger partial charge in [0.05, 0.1) is 5.71 Å². The summed E-state index contributed by atoms with van der Waals surface area (Å²) in [5.74, 6) is 0.257. The highest BCUT2D eigenvalue weighted by Gasteiger charge is 2.00. The average molecular weight is 112 g/mol. The van der Waals surface area contributed by atoms with Crippen molar-refractivity contribution < 1.29 is 0 Å². The lowest BCUT2D eigenvalue weighted by atomic mass is 10.0. The maximum absolute atomic E-state index is 7.10. The van der Waals surface area contributed by atoms with Gasteiger partial charge < -0.3 is 10.8 Å². The van der Waals surface area contributed by atoms with Crippen LogP contribution in [0.15, 0.2) is 0 Å². The summed E-state index contributed by atoms with van der Waals surface area (Å²) in [6, 6.07) is 0. The Morgan fingerprint density at radius 3 is 2.38 bits per heavy atom. The predicted molar refractivity (Wildman–Crippen MR) is 36.0 cm³/mol. The third-order valence-corrected chi connectivity index (χ3v) is 1.30. The molecule has 2 heteroatoms. The predicted octanol–water partition coefficient (Wildman–Crippen LogP) is 1.70. The first-order valence-electron chi connectivity index (χ1n) is 2.81. The Morgan fingerprint density at radius 1 is 1.75 bits per heavy atom. The van der Waals surface area contributed by atoms with E-state index in [4.69, 9.17) is 10.8 Å². The van der Waals surface area contributed by atoms with E-state index in [0.717, 1.165) is 12.6 Å². The van der Waals surface area contributed by atoms with Gasteiger partial charge in [0.25, 0.3) is 0 Å². The van der Waals surface area contributed by atoms with Gasteiger partial charge in [0.2, 0.25) is 0 Å². The zero-order valence-electron chi connectivity index (χ0n) is 5.36. The van der Waals surface area contributed by atoms with Crippen molar-refractivity contribution in [1.29, 1.82) is 10.8 Å². The largest absolute Gasteiger partial charge is 0.307 e. The van der Waals surface area contributed by atoms with Crippen LogP contribution in [0.5, 0.6) is 0 Å². The molecular formula is C6H12N2. The second-order valence-electron chi connectivity index (χ2n) is 1.91. The number of hydrogen-bond acceptors (Lipinski definition) is 2. The van der Waals surface area contributed by atoms with Crippen LogP contribution in [0.4, 0.5) is 0 Å². The van der Waals surface area contributed by atoms with E-state index in [-0.39, 0.29) is 5.92 Å². The minimum absolute atomic E-state index is 0.257. The maximum Gasteiger partial charge on any atom is 0.0517 e. The highest BCUT2D eigenvalue weighted by molar-refractivity contribution is 6.28. The highest BCUT2D eigenvalue weighted by atomic mass is 14.5. The number of rotatable bonds is 3. The van der Waals surface area contributed by atoms with Gasteiger partial charge in [0.1, 0.15) is 0 Å². The van der Waals surface area contributed by atoms with Crippen molar-refractivity contribution >= 4 is 11.9 Å². The van der Waals surface area contributed by atoms with Gasteiger partial charge in [-0.1, -0.05) is 13.8 Å². The lowest BCUT2D eigenvalue weighted by Crippen LogP contribution is -2.08. The molecule has 2 nitrogen and oxygen atoms in total.